The van der Waals surface area contributed by atoms with Gasteiger partial charge in [0.05, 0.1) is 0 Å². The van der Waals surface area contributed by atoms with Gasteiger partial charge in [0.1, 0.15) is 11.9 Å². The molecule has 2 aromatic carbocycles. The van der Waals surface area contributed by atoms with Gasteiger partial charge in [0.25, 0.3) is 0 Å². The van der Waals surface area contributed by atoms with E-state index in [4.69, 9.17) is 0 Å². The number of nitrogens with one attached hydrogen (secondary N) is 2. The van der Waals surface area contributed by atoms with Crippen LogP contribution in [0.3, 0.4) is 0 Å². The zero-order valence-electron chi connectivity index (χ0n) is 16.6. The van der Waals surface area contributed by atoms with E-state index in [1.165, 1.54) is 12.1 Å². The lowest BCUT2D eigenvalue weighted by atomic mass is 9.99. The van der Waals surface area contributed by atoms with Crippen LogP contribution >= 0.6 is 0 Å². The van der Waals surface area contributed by atoms with Gasteiger partial charge in [-0.05, 0) is 67.1 Å². The van der Waals surface area contributed by atoms with Crippen LogP contribution in [0.2, 0.25) is 0 Å². The topological polar surface area (TPSA) is 61.4 Å². The van der Waals surface area contributed by atoms with Gasteiger partial charge in [-0.2, -0.15) is 0 Å². The Hall–Kier alpha value is -2.89. The Balaban J connectivity index is 1.59. The van der Waals surface area contributed by atoms with Gasteiger partial charge >= 0.3 is 0 Å². The fraction of sp³-hybridized carbons (Fsp3) is 0.391. The number of benzene rings is 2. The number of rotatable bonds is 7. The van der Waals surface area contributed by atoms with Crippen LogP contribution in [0.25, 0.3) is 0 Å². The standard InChI is InChI=1S/C23H26FN3O2/c1-2-13-27-20-11-10-19(14-16(20)5-12-21(27)28)25-22(23(29)26-18-8-9-18)15-3-6-17(24)7-4-15/h3-4,6-7,10-11,14,18,22,25H,2,5,8-9,12-13H2,1H3,(H,26,29). The molecule has 2 amide bonds. The second-order valence-electron chi connectivity index (χ2n) is 7.80. The number of halogens is 1. The second kappa shape index (κ2) is 8.23. The van der Waals surface area contributed by atoms with Crippen LogP contribution in [0.4, 0.5) is 15.8 Å². The zero-order valence-corrected chi connectivity index (χ0v) is 16.6. The fourth-order valence-corrected chi connectivity index (χ4v) is 3.75. The average molecular weight is 395 g/mol. The lowest BCUT2D eigenvalue weighted by Gasteiger charge is -2.30. The minimum absolute atomic E-state index is 0.111. The first-order chi connectivity index (χ1) is 14.0. The van der Waals surface area contributed by atoms with E-state index in [0.717, 1.165) is 36.2 Å². The van der Waals surface area contributed by atoms with E-state index in [1.807, 2.05) is 23.1 Å². The minimum atomic E-state index is -0.605. The Labute approximate surface area is 170 Å². The predicted molar refractivity (Wildman–Crippen MR) is 111 cm³/mol. The highest BCUT2D eigenvalue weighted by Gasteiger charge is 2.29. The van der Waals surface area contributed by atoms with E-state index in [-0.39, 0.29) is 23.7 Å². The van der Waals surface area contributed by atoms with E-state index in [9.17, 15) is 14.0 Å². The van der Waals surface area contributed by atoms with Crippen LogP contribution in [-0.4, -0.2) is 24.4 Å². The highest BCUT2D eigenvalue weighted by atomic mass is 19.1. The molecule has 0 saturated heterocycles. The fourth-order valence-electron chi connectivity index (χ4n) is 3.75. The van der Waals surface area contributed by atoms with Crippen molar-refractivity contribution >= 4 is 23.2 Å². The number of fused-ring (bicyclic) bond motifs is 1. The molecule has 2 aromatic rings. The van der Waals surface area contributed by atoms with Gasteiger partial charge in [-0.3, -0.25) is 9.59 Å². The number of hydrogen-bond acceptors (Lipinski definition) is 3. The third kappa shape index (κ3) is 4.42. The first-order valence-corrected chi connectivity index (χ1v) is 10.3. The first-order valence-electron chi connectivity index (χ1n) is 10.3. The number of aryl methyl sites for hydroxylation is 1. The molecule has 29 heavy (non-hydrogen) atoms. The Kier molecular flexibility index (Phi) is 5.51. The second-order valence-corrected chi connectivity index (χ2v) is 7.80. The van der Waals surface area contributed by atoms with Gasteiger partial charge in [-0.1, -0.05) is 19.1 Å². The van der Waals surface area contributed by atoms with Crippen molar-refractivity contribution in [1.29, 1.82) is 0 Å². The van der Waals surface area contributed by atoms with Crippen LogP contribution in [-0.2, 0) is 16.0 Å². The number of nitrogens with zero attached hydrogens (tertiary/aromatic N) is 1. The molecule has 4 rings (SSSR count). The molecular formula is C23H26FN3O2. The van der Waals surface area contributed by atoms with Gasteiger partial charge in [0, 0.05) is 30.4 Å². The summed E-state index contributed by atoms with van der Waals surface area (Å²) >= 11 is 0. The summed E-state index contributed by atoms with van der Waals surface area (Å²) in [6, 6.07) is 11.5. The van der Waals surface area contributed by atoms with Crippen LogP contribution in [0.1, 0.15) is 49.8 Å². The van der Waals surface area contributed by atoms with Gasteiger partial charge in [-0.25, -0.2) is 4.39 Å². The summed E-state index contributed by atoms with van der Waals surface area (Å²) < 4.78 is 13.4. The molecule has 152 valence electrons. The minimum Gasteiger partial charge on any atom is -0.370 e. The van der Waals surface area contributed by atoms with Crippen LogP contribution in [0, 0.1) is 5.82 Å². The normalized spacial score (nSPS) is 16.9. The van der Waals surface area contributed by atoms with Crippen molar-refractivity contribution in [3.63, 3.8) is 0 Å². The van der Waals surface area contributed by atoms with Gasteiger partial charge < -0.3 is 15.5 Å². The molecule has 1 aliphatic heterocycles. The number of carbonyl (C=O) groups is 2. The predicted octanol–water partition coefficient (Wildman–Crippen LogP) is 3.95. The van der Waals surface area contributed by atoms with Crippen molar-refractivity contribution in [2.45, 2.75) is 51.1 Å². The molecule has 1 fully saturated rings. The largest absolute Gasteiger partial charge is 0.370 e. The third-order valence-corrected chi connectivity index (χ3v) is 5.43. The van der Waals surface area contributed by atoms with Gasteiger partial charge in [0.15, 0.2) is 0 Å². The van der Waals surface area contributed by atoms with Crippen molar-refractivity contribution in [3.8, 4) is 0 Å². The van der Waals surface area contributed by atoms with Gasteiger partial charge in [0.2, 0.25) is 11.8 Å². The maximum absolute atomic E-state index is 13.4. The Bertz CT molecular complexity index is 909. The lowest BCUT2D eigenvalue weighted by molar-refractivity contribution is -0.122. The molecule has 1 aliphatic carbocycles. The van der Waals surface area contributed by atoms with Gasteiger partial charge in [-0.15, -0.1) is 0 Å². The van der Waals surface area contributed by atoms with Crippen LogP contribution in [0.15, 0.2) is 42.5 Å². The Morgan fingerprint density at radius 1 is 1.17 bits per heavy atom. The maximum atomic E-state index is 13.4. The monoisotopic (exact) mass is 395 g/mol. The highest BCUT2D eigenvalue weighted by Crippen LogP contribution is 2.32. The molecule has 2 N–H and O–H groups in total. The summed E-state index contributed by atoms with van der Waals surface area (Å²) in [4.78, 5) is 26.9. The number of hydrogen-bond donors (Lipinski definition) is 2. The van der Waals surface area contributed by atoms with E-state index < -0.39 is 6.04 Å². The highest BCUT2D eigenvalue weighted by molar-refractivity contribution is 5.96. The number of carbonyl (C=O) groups excluding carboxylic acids is 2. The molecule has 5 nitrogen and oxygen atoms in total. The zero-order chi connectivity index (χ0) is 20.4. The molecule has 0 radical (unpaired) electrons. The molecule has 1 heterocycles. The summed E-state index contributed by atoms with van der Waals surface area (Å²) in [5, 5.41) is 6.35. The van der Waals surface area contributed by atoms with Crippen molar-refractivity contribution in [1.82, 2.24) is 5.32 Å². The molecule has 2 aliphatic rings. The van der Waals surface area contributed by atoms with Crippen LogP contribution < -0.4 is 15.5 Å². The quantitative estimate of drug-likeness (QED) is 0.746. The lowest BCUT2D eigenvalue weighted by Crippen LogP contribution is -2.36. The first kappa shape index (κ1) is 19.4. The molecule has 0 aromatic heterocycles. The van der Waals surface area contributed by atoms with E-state index in [2.05, 4.69) is 17.6 Å². The summed E-state index contributed by atoms with van der Waals surface area (Å²) in [6.45, 7) is 2.77. The van der Waals surface area contributed by atoms with Crippen molar-refractivity contribution < 1.29 is 14.0 Å². The molecule has 6 heteroatoms. The smallest absolute Gasteiger partial charge is 0.247 e. The van der Waals surface area contributed by atoms with Crippen LogP contribution in [0.5, 0.6) is 0 Å². The summed E-state index contributed by atoms with van der Waals surface area (Å²) in [7, 11) is 0. The molecule has 1 saturated carbocycles. The molecule has 1 unspecified atom stereocenters. The SMILES string of the molecule is CCCN1C(=O)CCc2cc(NC(C(=O)NC3CC3)c3ccc(F)cc3)ccc21. The Morgan fingerprint density at radius 2 is 1.93 bits per heavy atom. The van der Waals surface area contributed by atoms with Crippen molar-refractivity contribution in [3.05, 3.63) is 59.4 Å². The number of anilines is 2. The van der Waals surface area contributed by atoms with E-state index >= 15 is 0 Å². The molecule has 0 bridgehead atoms. The van der Waals surface area contributed by atoms with Crippen molar-refractivity contribution in [2.75, 3.05) is 16.8 Å². The molecular weight excluding hydrogens is 369 g/mol. The average Bonchev–Trinajstić information content (AvgIpc) is 3.53. The maximum Gasteiger partial charge on any atom is 0.247 e. The summed E-state index contributed by atoms with van der Waals surface area (Å²) in [6.07, 6.45) is 4.10. The van der Waals surface area contributed by atoms with Crippen molar-refractivity contribution in [2.24, 2.45) is 0 Å². The third-order valence-electron chi connectivity index (χ3n) is 5.43. The summed E-state index contributed by atoms with van der Waals surface area (Å²) in [5.74, 6) is -0.280. The number of amides is 2. The molecule has 0 spiro atoms. The van der Waals surface area contributed by atoms with E-state index in [0.29, 0.717) is 24.9 Å². The Morgan fingerprint density at radius 3 is 2.62 bits per heavy atom. The molecule has 1 atom stereocenters. The van der Waals surface area contributed by atoms with E-state index in [1.54, 1.807) is 12.1 Å². The summed E-state index contributed by atoms with van der Waals surface area (Å²) in [5.41, 5.74) is 3.58.